The van der Waals surface area contributed by atoms with Gasteiger partial charge in [-0.2, -0.15) is 0 Å². The first-order valence-electron chi connectivity index (χ1n) is 15.4. The number of hydrogen-bond acceptors (Lipinski definition) is 2. The van der Waals surface area contributed by atoms with Crippen molar-refractivity contribution in [1.82, 2.24) is 0 Å². The van der Waals surface area contributed by atoms with Gasteiger partial charge in [0.05, 0.1) is 0 Å². The highest BCUT2D eigenvalue weighted by atomic mass is 14.5. The average Bonchev–Trinajstić information content (AvgIpc) is 2.99. The molecule has 0 saturated heterocycles. The minimum Gasteiger partial charge on any atom is -0.399 e. The molecule has 0 atom stereocenters. The van der Waals surface area contributed by atoms with Crippen molar-refractivity contribution in [1.29, 1.82) is 0 Å². The van der Waals surface area contributed by atoms with Crippen LogP contribution in [-0.4, -0.2) is 0 Å². The van der Waals surface area contributed by atoms with Crippen molar-refractivity contribution in [3.05, 3.63) is 130 Å². The maximum Gasteiger partial charge on any atom is 0.0314 e. The number of hydrogen-bond donors (Lipinski definition) is 2. The Bertz CT molecular complexity index is 1220. The van der Waals surface area contributed by atoms with Crippen LogP contribution in [0.5, 0.6) is 0 Å². The molecule has 40 heavy (non-hydrogen) atoms. The molecule has 0 radical (unpaired) electrons. The number of rotatable bonds is 11. The molecule has 5 rings (SSSR count). The van der Waals surface area contributed by atoms with Crippen LogP contribution in [0.3, 0.4) is 0 Å². The van der Waals surface area contributed by atoms with Crippen molar-refractivity contribution in [2.45, 2.75) is 83.0 Å². The summed E-state index contributed by atoms with van der Waals surface area (Å²) in [5.41, 5.74) is 21.8. The number of nitrogen functional groups attached to an aromatic ring is 2. The summed E-state index contributed by atoms with van der Waals surface area (Å²) in [6.07, 6.45) is 13.9. The zero-order chi connectivity index (χ0) is 27.8. The first-order valence-corrected chi connectivity index (χ1v) is 15.4. The lowest BCUT2D eigenvalue weighted by Gasteiger charge is -2.42. The van der Waals surface area contributed by atoms with Gasteiger partial charge in [0.15, 0.2) is 0 Å². The monoisotopic (exact) mass is 530 g/mol. The molecular weight excluding hydrogens is 484 g/mol. The van der Waals surface area contributed by atoms with Crippen molar-refractivity contribution in [3.8, 4) is 0 Å². The van der Waals surface area contributed by atoms with Gasteiger partial charge >= 0.3 is 0 Å². The van der Waals surface area contributed by atoms with E-state index in [0.717, 1.165) is 30.1 Å². The molecule has 0 amide bonds. The summed E-state index contributed by atoms with van der Waals surface area (Å²) in [7, 11) is 0. The Morgan fingerprint density at radius 1 is 0.550 bits per heavy atom. The molecule has 2 heteroatoms. The SMILES string of the molecule is CCCCCCC1CCC(c2ccc(Cc3ccc(N)cc3)cc2)(c2ccc(Cc3ccc(N)cc3)cc2)CC1. The van der Waals surface area contributed by atoms with E-state index in [1.54, 1.807) is 0 Å². The highest BCUT2D eigenvalue weighted by Gasteiger charge is 2.38. The molecule has 1 aliphatic carbocycles. The van der Waals surface area contributed by atoms with E-state index in [-0.39, 0.29) is 5.41 Å². The summed E-state index contributed by atoms with van der Waals surface area (Å²) in [5.74, 6) is 0.875. The third-order valence-electron chi connectivity index (χ3n) is 9.21. The second-order valence-corrected chi connectivity index (χ2v) is 12.1. The first kappa shape index (κ1) is 28.0. The Morgan fingerprint density at radius 2 is 0.950 bits per heavy atom. The second kappa shape index (κ2) is 13.2. The Kier molecular flexibility index (Phi) is 9.26. The smallest absolute Gasteiger partial charge is 0.0314 e. The summed E-state index contributed by atoms with van der Waals surface area (Å²) in [4.78, 5) is 0. The zero-order valence-corrected chi connectivity index (χ0v) is 24.2. The van der Waals surface area contributed by atoms with Gasteiger partial charge in [-0.1, -0.05) is 112 Å². The summed E-state index contributed by atoms with van der Waals surface area (Å²) in [6, 6.07) is 35.6. The van der Waals surface area contributed by atoms with Crippen molar-refractivity contribution in [3.63, 3.8) is 0 Å². The van der Waals surface area contributed by atoms with E-state index in [0.29, 0.717) is 0 Å². The van der Waals surface area contributed by atoms with Crippen LogP contribution in [0.1, 0.15) is 98.1 Å². The molecule has 1 fully saturated rings. The van der Waals surface area contributed by atoms with E-state index < -0.39 is 0 Å². The minimum atomic E-state index is 0.0966. The van der Waals surface area contributed by atoms with Crippen LogP contribution in [0.2, 0.25) is 0 Å². The normalized spacial score (nSPS) is 15.2. The van der Waals surface area contributed by atoms with Gasteiger partial charge < -0.3 is 11.5 Å². The molecule has 0 bridgehead atoms. The second-order valence-electron chi connectivity index (χ2n) is 12.1. The Hall–Kier alpha value is -3.52. The quantitative estimate of drug-likeness (QED) is 0.150. The van der Waals surface area contributed by atoms with Crippen molar-refractivity contribution < 1.29 is 0 Å². The fourth-order valence-electron chi connectivity index (χ4n) is 6.69. The molecule has 0 unspecified atom stereocenters. The van der Waals surface area contributed by atoms with E-state index >= 15 is 0 Å². The number of nitrogens with two attached hydrogens (primary N) is 2. The van der Waals surface area contributed by atoms with Gasteiger partial charge in [0, 0.05) is 16.8 Å². The minimum absolute atomic E-state index is 0.0966. The molecule has 0 aliphatic heterocycles. The number of benzene rings is 4. The molecule has 1 saturated carbocycles. The molecule has 0 heterocycles. The van der Waals surface area contributed by atoms with Gasteiger partial charge in [0.25, 0.3) is 0 Å². The van der Waals surface area contributed by atoms with Crippen LogP contribution in [0.25, 0.3) is 0 Å². The van der Waals surface area contributed by atoms with Crippen molar-refractivity contribution >= 4 is 11.4 Å². The highest BCUT2D eigenvalue weighted by molar-refractivity contribution is 5.45. The summed E-state index contributed by atoms with van der Waals surface area (Å²) in [6.45, 7) is 2.30. The van der Waals surface area contributed by atoms with E-state index in [2.05, 4.69) is 79.7 Å². The molecule has 1 aliphatic rings. The van der Waals surface area contributed by atoms with Crippen LogP contribution in [-0.2, 0) is 18.3 Å². The molecule has 4 N–H and O–H groups in total. The lowest BCUT2D eigenvalue weighted by atomic mass is 9.62. The maximum absolute atomic E-state index is 5.89. The lowest BCUT2D eigenvalue weighted by Crippen LogP contribution is -2.33. The van der Waals surface area contributed by atoms with Crippen LogP contribution in [0.4, 0.5) is 11.4 Å². The maximum atomic E-state index is 5.89. The Balaban J connectivity index is 1.35. The summed E-state index contributed by atoms with van der Waals surface area (Å²) in [5, 5.41) is 0. The van der Waals surface area contributed by atoms with Crippen LogP contribution in [0.15, 0.2) is 97.1 Å². The standard InChI is InChI=1S/C38H46N2/c1-2-3-4-5-6-29-23-25-38(26-24-29,34-15-7-30(8-16-34)27-32-11-19-36(39)20-12-32)35-17-9-31(10-18-35)28-33-13-21-37(40)22-14-33/h7-22,29H,2-6,23-28,39-40H2,1H3. The zero-order valence-electron chi connectivity index (χ0n) is 24.2. The van der Waals surface area contributed by atoms with Gasteiger partial charge in [-0.15, -0.1) is 0 Å². The molecule has 208 valence electrons. The van der Waals surface area contributed by atoms with Gasteiger partial charge in [-0.25, -0.2) is 0 Å². The van der Waals surface area contributed by atoms with E-state index in [4.69, 9.17) is 11.5 Å². The number of unbranched alkanes of at least 4 members (excludes halogenated alkanes) is 3. The van der Waals surface area contributed by atoms with E-state index in [1.807, 2.05) is 24.3 Å². The molecule has 4 aromatic carbocycles. The topological polar surface area (TPSA) is 52.0 Å². The van der Waals surface area contributed by atoms with E-state index in [9.17, 15) is 0 Å². The molecule has 4 aromatic rings. The Morgan fingerprint density at radius 3 is 1.35 bits per heavy atom. The fourth-order valence-corrected chi connectivity index (χ4v) is 6.69. The fraction of sp³-hybridized carbons (Fsp3) is 0.368. The average molecular weight is 531 g/mol. The van der Waals surface area contributed by atoms with Gasteiger partial charge in [-0.3, -0.25) is 0 Å². The van der Waals surface area contributed by atoms with Crippen molar-refractivity contribution in [2.75, 3.05) is 11.5 Å². The molecule has 2 nitrogen and oxygen atoms in total. The predicted molar refractivity (Wildman–Crippen MR) is 172 cm³/mol. The first-order chi connectivity index (χ1) is 19.5. The third kappa shape index (κ3) is 6.97. The largest absolute Gasteiger partial charge is 0.399 e. The predicted octanol–water partition coefficient (Wildman–Crippen LogP) is 9.48. The molecule has 0 aromatic heterocycles. The number of anilines is 2. The van der Waals surface area contributed by atoms with Crippen LogP contribution in [0, 0.1) is 5.92 Å². The third-order valence-corrected chi connectivity index (χ3v) is 9.21. The summed E-state index contributed by atoms with van der Waals surface area (Å²) < 4.78 is 0. The van der Waals surface area contributed by atoms with Gasteiger partial charge in [0.2, 0.25) is 0 Å². The molecule has 0 spiro atoms. The highest BCUT2D eigenvalue weighted by Crippen LogP contribution is 2.47. The van der Waals surface area contributed by atoms with E-state index in [1.165, 1.54) is 91.2 Å². The van der Waals surface area contributed by atoms with Gasteiger partial charge in [0.1, 0.15) is 0 Å². The van der Waals surface area contributed by atoms with Crippen LogP contribution < -0.4 is 11.5 Å². The van der Waals surface area contributed by atoms with Crippen LogP contribution >= 0.6 is 0 Å². The Labute approximate surface area is 241 Å². The summed E-state index contributed by atoms with van der Waals surface area (Å²) >= 11 is 0. The van der Waals surface area contributed by atoms with Crippen molar-refractivity contribution in [2.24, 2.45) is 5.92 Å². The van der Waals surface area contributed by atoms with Gasteiger partial charge in [-0.05, 0) is 102 Å². The lowest BCUT2D eigenvalue weighted by molar-refractivity contribution is 0.250. The molecular formula is C38H46N2.